The first-order valence-corrected chi connectivity index (χ1v) is 19.1. The van der Waals surface area contributed by atoms with Gasteiger partial charge in [0.2, 0.25) is 0 Å². The van der Waals surface area contributed by atoms with E-state index in [2.05, 4.69) is 136 Å². The molecule has 258 valence electrons. The number of para-hydroxylation sites is 1. The Bertz CT molecular complexity index is 3070. The number of rotatable bonds is 6. The molecule has 0 N–H and O–H groups in total. The molecule has 3 heterocycles. The van der Waals surface area contributed by atoms with Crippen LogP contribution in [-0.2, 0) is 5.41 Å². The summed E-state index contributed by atoms with van der Waals surface area (Å²) in [5, 5.41) is 4.75. The Balaban J connectivity index is 1.12. The minimum absolute atomic E-state index is 0.184. The molecular weight excluding hydrogens is 679 g/mol. The smallest absolute Gasteiger partial charge is 0.164 e. The lowest BCUT2D eigenvalue weighted by molar-refractivity contribution is 0.657. The van der Waals surface area contributed by atoms with Crippen LogP contribution < -0.4 is 0 Å². The van der Waals surface area contributed by atoms with Crippen molar-refractivity contribution in [3.05, 3.63) is 169 Å². The molecule has 6 aromatic carbocycles. The van der Waals surface area contributed by atoms with Crippen molar-refractivity contribution < 1.29 is 4.42 Å². The molecule has 4 nitrogen and oxygen atoms in total. The van der Waals surface area contributed by atoms with Crippen LogP contribution in [0, 0.1) is 0 Å². The first-order chi connectivity index (χ1) is 26.4. The summed E-state index contributed by atoms with van der Waals surface area (Å²) in [4.78, 5) is 15.4. The minimum Gasteiger partial charge on any atom is -0.456 e. The minimum atomic E-state index is -0.184. The van der Waals surface area contributed by atoms with Crippen LogP contribution in [0.4, 0.5) is 0 Å². The molecule has 54 heavy (non-hydrogen) atoms. The van der Waals surface area contributed by atoms with Gasteiger partial charge in [-0.25, -0.2) is 15.0 Å². The number of allylic oxidation sites excluding steroid dienone is 5. The zero-order valence-electron chi connectivity index (χ0n) is 30.2. The van der Waals surface area contributed by atoms with Crippen LogP contribution in [0.2, 0.25) is 0 Å². The van der Waals surface area contributed by atoms with Crippen molar-refractivity contribution in [1.82, 2.24) is 15.0 Å². The second-order valence-electron chi connectivity index (χ2n) is 14.3. The zero-order chi connectivity index (χ0) is 36.6. The normalized spacial score (nSPS) is 13.7. The molecule has 0 saturated heterocycles. The topological polar surface area (TPSA) is 51.8 Å². The predicted octanol–water partition coefficient (Wildman–Crippen LogP) is 13.6. The second kappa shape index (κ2) is 12.3. The van der Waals surface area contributed by atoms with E-state index in [1.165, 1.54) is 53.2 Å². The lowest BCUT2D eigenvalue weighted by Crippen LogP contribution is -2.15. The van der Waals surface area contributed by atoms with Gasteiger partial charge in [-0.05, 0) is 76.7 Å². The molecule has 9 aromatic rings. The van der Waals surface area contributed by atoms with E-state index in [1.54, 1.807) is 17.4 Å². The van der Waals surface area contributed by atoms with Gasteiger partial charge in [0.05, 0.1) is 0 Å². The Hall–Kier alpha value is -6.43. The summed E-state index contributed by atoms with van der Waals surface area (Å²) in [6.07, 6.45) is 7.71. The van der Waals surface area contributed by atoms with Crippen molar-refractivity contribution in [2.24, 2.45) is 0 Å². The van der Waals surface area contributed by atoms with E-state index in [0.717, 1.165) is 39.0 Å². The average Bonchev–Trinajstić information content (AvgIpc) is 3.85. The number of hydrogen-bond acceptors (Lipinski definition) is 5. The fourth-order valence-electron chi connectivity index (χ4n) is 8.34. The van der Waals surface area contributed by atoms with Crippen molar-refractivity contribution in [2.45, 2.75) is 26.2 Å². The highest BCUT2D eigenvalue weighted by molar-refractivity contribution is 7.25. The maximum Gasteiger partial charge on any atom is 0.164 e. The van der Waals surface area contributed by atoms with Gasteiger partial charge >= 0.3 is 0 Å². The predicted molar refractivity (Wildman–Crippen MR) is 227 cm³/mol. The quantitative estimate of drug-likeness (QED) is 0.161. The van der Waals surface area contributed by atoms with Crippen LogP contribution in [0.3, 0.4) is 0 Å². The highest BCUT2D eigenvalue weighted by Crippen LogP contribution is 2.53. The molecule has 0 atom stereocenters. The first kappa shape index (κ1) is 32.2. The van der Waals surface area contributed by atoms with Crippen molar-refractivity contribution in [1.29, 1.82) is 0 Å². The van der Waals surface area contributed by atoms with Crippen LogP contribution in [0.1, 0.15) is 37.7 Å². The highest BCUT2D eigenvalue weighted by atomic mass is 32.1. The third-order valence-corrected chi connectivity index (χ3v) is 12.0. The average molecular weight is 714 g/mol. The number of benzene rings is 6. The lowest BCUT2D eigenvalue weighted by Gasteiger charge is -2.22. The lowest BCUT2D eigenvalue weighted by atomic mass is 9.80. The number of aromatic nitrogens is 3. The number of hydrogen-bond donors (Lipinski definition) is 0. The van der Waals surface area contributed by atoms with Gasteiger partial charge < -0.3 is 4.42 Å². The molecule has 1 aliphatic rings. The summed E-state index contributed by atoms with van der Waals surface area (Å²) in [6, 6.07) is 43.1. The van der Waals surface area contributed by atoms with E-state index in [1.807, 2.05) is 31.2 Å². The largest absolute Gasteiger partial charge is 0.456 e. The van der Waals surface area contributed by atoms with E-state index in [0.29, 0.717) is 17.5 Å². The van der Waals surface area contributed by atoms with Crippen LogP contribution >= 0.6 is 11.3 Å². The Labute approximate surface area is 317 Å². The maximum absolute atomic E-state index is 6.31. The fraction of sp³-hybridized carbons (Fsp3) is 0.0816. The Morgan fingerprint density at radius 2 is 1.41 bits per heavy atom. The van der Waals surface area contributed by atoms with Gasteiger partial charge in [0.15, 0.2) is 17.5 Å². The molecular formula is C49H35N3OS. The summed E-state index contributed by atoms with van der Waals surface area (Å²) >= 11 is 1.79. The first-order valence-electron chi connectivity index (χ1n) is 18.3. The summed E-state index contributed by atoms with van der Waals surface area (Å²) < 4.78 is 8.76. The third kappa shape index (κ3) is 4.93. The maximum atomic E-state index is 6.31. The summed E-state index contributed by atoms with van der Waals surface area (Å²) in [5.74, 6) is 1.89. The molecule has 0 fully saturated rings. The third-order valence-electron chi connectivity index (χ3n) is 10.9. The molecule has 0 unspecified atom stereocenters. The van der Waals surface area contributed by atoms with Crippen molar-refractivity contribution in [2.75, 3.05) is 0 Å². The molecule has 0 saturated carbocycles. The molecule has 1 aliphatic carbocycles. The van der Waals surface area contributed by atoms with Gasteiger partial charge in [-0.3, -0.25) is 0 Å². The van der Waals surface area contributed by atoms with Crippen LogP contribution in [-0.4, -0.2) is 15.0 Å². The Morgan fingerprint density at radius 3 is 2.28 bits per heavy atom. The molecule has 0 bridgehead atoms. The molecule has 0 radical (unpaired) electrons. The van der Waals surface area contributed by atoms with Gasteiger partial charge in [-0.2, -0.15) is 0 Å². The van der Waals surface area contributed by atoms with Gasteiger partial charge in [0.1, 0.15) is 11.2 Å². The number of furan rings is 1. The van der Waals surface area contributed by atoms with Crippen LogP contribution in [0.15, 0.2) is 157 Å². The SMILES string of the molecule is C=C/C=C\C(=C/C)c1nc(-c2cccc(-c3ccc4c(c3)-c3ccc5oc6ccccc6c5c3C4(C)C)c2)nc(-c2cccc3sc4ccccc4c23)n1. The molecule has 0 spiro atoms. The molecule has 3 aromatic heterocycles. The summed E-state index contributed by atoms with van der Waals surface area (Å²) in [6.45, 7) is 10.6. The van der Waals surface area contributed by atoms with Gasteiger partial charge in [-0.1, -0.05) is 130 Å². The number of fused-ring (bicyclic) bond motifs is 10. The van der Waals surface area contributed by atoms with Crippen molar-refractivity contribution in [3.8, 4) is 45.0 Å². The van der Waals surface area contributed by atoms with E-state index in [-0.39, 0.29) is 5.41 Å². The van der Waals surface area contributed by atoms with Crippen LogP contribution in [0.5, 0.6) is 0 Å². The molecule has 10 rings (SSSR count). The Morgan fingerprint density at radius 1 is 0.648 bits per heavy atom. The van der Waals surface area contributed by atoms with Crippen molar-refractivity contribution in [3.63, 3.8) is 0 Å². The van der Waals surface area contributed by atoms with E-state index in [9.17, 15) is 0 Å². The molecule has 0 aliphatic heterocycles. The van der Waals surface area contributed by atoms with Gasteiger partial charge in [0.25, 0.3) is 0 Å². The van der Waals surface area contributed by atoms with Crippen LogP contribution in [0.25, 0.3) is 92.7 Å². The van der Waals surface area contributed by atoms with Crippen molar-refractivity contribution >= 4 is 59.0 Å². The standard InChI is InChI=1S/C49H35N3OS/c1-5-7-14-29(6-2)46-50-47(52-48(51-46)36-19-13-22-42-43(36)35-18-9-11-21-41(35)54-42)32-16-12-15-30(27-32)31-23-25-38-37(28-31)33-24-26-40-44(45(33)49(38,3)4)34-17-8-10-20-39(34)53-40/h5-28H,1H2,2-4H3/b14-7-,29-6+. The molecule has 5 heteroatoms. The highest BCUT2D eigenvalue weighted by Gasteiger charge is 2.38. The van der Waals surface area contributed by atoms with Gasteiger partial charge in [-0.15, -0.1) is 11.3 Å². The van der Waals surface area contributed by atoms with Gasteiger partial charge in [0, 0.05) is 53.1 Å². The Kier molecular flexibility index (Phi) is 7.36. The van der Waals surface area contributed by atoms with E-state index in [4.69, 9.17) is 19.4 Å². The summed E-state index contributed by atoms with van der Waals surface area (Å²) in [5.41, 5.74) is 11.9. The molecule has 0 amide bonds. The monoisotopic (exact) mass is 713 g/mol. The number of thiophene rings is 1. The fourth-order valence-corrected chi connectivity index (χ4v) is 9.47. The summed E-state index contributed by atoms with van der Waals surface area (Å²) in [7, 11) is 0. The second-order valence-corrected chi connectivity index (χ2v) is 15.4. The zero-order valence-corrected chi connectivity index (χ0v) is 31.0. The number of nitrogens with zero attached hydrogens (tertiary/aromatic N) is 3. The van der Waals surface area contributed by atoms with E-state index < -0.39 is 0 Å². The van der Waals surface area contributed by atoms with E-state index >= 15 is 0 Å².